The Hall–Kier alpha value is -2.55. The first-order valence-electron chi connectivity index (χ1n) is 8.89. The van der Waals surface area contributed by atoms with Gasteiger partial charge in [0.15, 0.2) is 5.11 Å². The van der Waals surface area contributed by atoms with E-state index in [0.29, 0.717) is 11.0 Å². The number of hydrogen-bond acceptors (Lipinski definition) is 5. The summed E-state index contributed by atoms with van der Waals surface area (Å²) in [5, 5.41) is 4.16. The first-order valence-corrected chi connectivity index (χ1v) is 10.1. The Morgan fingerprint density at radius 3 is 2.61 bits per heavy atom. The van der Waals surface area contributed by atoms with Crippen molar-refractivity contribution in [1.29, 1.82) is 0 Å². The van der Waals surface area contributed by atoms with E-state index in [0.717, 1.165) is 20.9 Å². The fourth-order valence-electron chi connectivity index (χ4n) is 2.49. The fourth-order valence-corrected chi connectivity index (χ4v) is 3.56. The number of ether oxygens (including phenoxy) is 1. The van der Waals surface area contributed by atoms with Gasteiger partial charge in [0.05, 0.1) is 16.8 Å². The van der Waals surface area contributed by atoms with Crippen LogP contribution in [-0.4, -0.2) is 22.6 Å². The Balaban J connectivity index is 1.37. The maximum absolute atomic E-state index is 11.9. The van der Waals surface area contributed by atoms with Gasteiger partial charge in [0, 0.05) is 5.69 Å². The van der Waals surface area contributed by atoms with Crippen LogP contribution in [0.2, 0.25) is 0 Å². The number of thiazole rings is 1. The van der Waals surface area contributed by atoms with E-state index in [4.69, 9.17) is 17.0 Å². The fraction of sp³-hybridized carbons (Fsp3) is 0.250. The van der Waals surface area contributed by atoms with Gasteiger partial charge in [0.25, 0.3) is 5.91 Å². The van der Waals surface area contributed by atoms with Crippen molar-refractivity contribution in [2.45, 2.75) is 26.4 Å². The number of nitrogens with zero attached hydrogens (tertiary/aromatic N) is 1. The zero-order chi connectivity index (χ0) is 19.9. The van der Waals surface area contributed by atoms with E-state index in [9.17, 15) is 4.79 Å². The van der Waals surface area contributed by atoms with Crippen molar-refractivity contribution < 1.29 is 9.53 Å². The molecule has 2 aromatic carbocycles. The minimum atomic E-state index is -0.319. The molecule has 0 fully saturated rings. The molecule has 146 valence electrons. The van der Waals surface area contributed by atoms with Gasteiger partial charge in [0.2, 0.25) is 0 Å². The summed E-state index contributed by atoms with van der Waals surface area (Å²) >= 11 is 6.74. The van der Waals surface area contributed by atoms with Gasteiger partial charge in [-0.05, 0) is 48.0 Å². The number of aromatic nitrogens is 1. The van der Waals surface area contributed by atoms with Crippen molar-refractivity contribution >= 4 is 50.5 Å². The number of anilines is 1. The van der Waals surface area contributed by atoms with Crippen molar-refractivity contribution in [2.75, 3.05) is 11.9 Å². The van der Waals surface area contributed by atoms with Crippen molar-refractivity contribution in [3.05, 3.63) is 59.1 Å². The summed E-state index contributed by atoms with van der Waals surface area (Å²) in [6.07, 6.45) is 0. The lowest BCUT2D eigenvalue weighted by atomic mass is 10.0. The number of amides is 1. The van der Waals surface area contributed by atoms with Crippen molar-refractivity contribution in [1.82, 2.24) is 15.8 Å². The molecule has 0 atom stereocenters. The number of carbonyl (C=O) groups is 1. The first-order chi connectivity index (χ1) is 13.5. The summed E-state index contributed by atoms with van der Waals surface area (Å²) in [5.41, 5.74) is 8.22. The van der Waals surface area contributed by atoms with E-state index in [-0.39, 0.29) is 19.1 Å². The third-order valence-electron chi connectivity index (χ3n) is 3.95. The highest BCUT2D eigenvalue weighted by Crippen LogP contribution is 2.21. The Bertz CT molecular complexity index is 921. The molecule has 0 unspecified atom stereocenters. The molecule has 0 bridgehead atoms. The molecule has 6 nitrogen and oxygen atoms in total. The molecular weight excluding hydrogens is 392 g/mol. The molecule has 0 spiro atoms. The molecule has 0 aliphatic carbocycles. The van der Waals surface area contributed by atoms with Crippen LogP contribution in [0.4, 0.5) is 5.69 Å². The molecule has 0 saturated heterocycles. The van der Waals surface area contributed by atoms with E-state index >= 15 is 0 Å². The van der Waals surface area contributed by atoms with Gasteiger partial charge in [-0.2, -0.15) is 0 Å². The Kier molecular flexibility index (Phi) is 6.91. The highest BCUT2D eigenvalue weighted by molar-refractivity contribution is 7.80. The molecule has 8 heteroatoms. The lowest BCUT2D eigenvalue weighted by Crippen LogP contribution is -2.45. The summed E-state index contributed by atoms with van der Waals surface area (Å²) < 4.78 is 6.53. The van der Waals surface area contributed by atoms with Crippen LogP contribution in [0.5, 0.6) is 0 Å². The molecule has 0 aliphatic heterocycles. The van der Waals surface area contributed by atoms with Crippen LogP contribution in [0.15, 0.2) is 48.5 Å². The number of carbonyl (C=O) groups excluding carboxylic acids is 1. The number of rotatable bonds is 6. The molecule has 1 amide bonds. The molecular formula is C20H22N4O2S2. The summed E-state index contributed by atoms with van der Waals surface area (Å²) in [6.45, 7) is 4.48. The molecule has 3 aromatic rings. The number of thiocarbonyl (C=S) groups is 1. The average molecular weight is 415 g/mol. The summed E-state index contributed by atoms with van der Waals surface area (Å²) in [6, 6.07) is 15.9. The standard InChI is InChI=1S/C20H22N4O2S2/c1-13(2)14-7-9-15(10-8-14)21-20(27)24-23-18(25)11-26-12-19-22-16-5-3-4-6-17(16)28-19/h3-10,13H,11-12H2,1-2H3,(H,23,25)(H2,21,24,27). The van der Waals surface area contributed by atoms with Crippen LogP contribution in [0, 0.1) is 0 Å². The molecule has 3 N–H and O–H groups in total. The van der Waals surface area contributed by atoms with E-state index in [1.807, 2.05) is 48.5 Å². The monoisotopic (exact) mass is 414 g/mol. The smallest absolute Gasteiger partial charge is 0.264 e. The lowest BCUT2D eigenvalue weighted by molar-refractivity contribution is -0.126. The van der Waals surface area contributed by atoms with E-state index in [1.165, 1.54) is 5.56 Å². The first kappa shape index (κ1) is 20.2. The maximum Gasteiger partial charge on any atom is 0.264 e. The van der Waals surface area contributed by atoms with Crippen LogP contribution < -0.4 is 16.2 Å². The van der Waals surface area contributed by atoms with Gasteiger partial charge < -0.3 is 10.1 Å². The number of para-hydroxylation sites is 1. The molecule has 3 rings (SSSR count). The Labute approximate surface area is 173 Å². The molecule has 0 aliphatic rings. The zero-order valence-electron chi connectivity index (χ0n) is 15.7. The molecule has 0 saturated carbocycles. The number of fused-ring (bicyclic) bond motifs is 1. The Morgan fingerprint density at radius 2 is 1.89 bits per heavy atom. The van der Waals surface area contributed by atoms with Gasteiger partial charge in [-0.3, -0.25) is 15.6 Å². The van der Waals surface area contributed by atoms with Gasteiger partial charge >= 0.3 is 0 Å². The van der Waals surface area contributed by atoms with Crippen LogP contribution in [-0.2, 0) is 16.1 Å². The lowest BCUT2D eigenvalue weighted by Gasteiger charge is -2.12. The topological polar surface area (TPSA) is 75.3 Å². The highest BCUT2D eigenvalue weighted by atomic mass is 32.1. The van der Waals surface area contributed by atoms with E-state index in [2.05, 4.69) is 35.0 Å². The summed E-state index contributed by atoms with van der Waals surface area (Å²) in [4.78, 5) is 16.3. The predicted octanol–water partition coefficient (Wildman–Crippen LogP) is 3.95. The molecule has 1 heterocycles. The minimum Gasteiger partial charge on any atom is -0.364 e. The highest BCUT2D eigenvalue weighted by Gasteiger charge is 2.06. The van der Waals surface area contributed by atoms with Crippen molar-refractivity contribution in [3.63, 3.8) is 0 Å². The van der Waals surface area contributed by atoms with Gasteiger partial charge in [-0.25, -0.2) is 4.98 Å². The largest absolute Gasteiger partial charge is 0.364 e. The minimum absolute atomic E-state index is 0.0887. The van der Waals surface area contributed by atoms with Gasteiger partial charge in [-0.15, -0.1) is 11.3 Å². The zero-order valence-corrected chi connectivity index (χ0v) is 17.3. The van der Waals surface area contributed by atoms with Crippen LogP contribution in [0.25, 0.3) is 10.2 Å². The number of benzene rings is 2. The second-order valence-electron chi connectivity index (χ2n) is 6.47. The van der Waals surface area contributed by atoms with Crippen molar-refractivity contribution in [3.8, 4) is 0 Å². The normalized spacial score (nSPS) is 10.8. The number of hydrazine groups is 1. The van der Waals surface area contributed by atoms with E-state index in [1.54, 1.807) is 11.3 Å². The number of hydrogen-bond donors (Lipinski definition) is 3. The average Bonchev–Trinajstić information content (AvgIpc) is 3.09. The Morgan fingerprint density at radius 1 is 1.14 bits per heavy atom. The van der Waals surface area contributed by atoms with Crippen LogP contribution >= 0.6 is 23.6 Å². The van der Waals surface area contributed by atoms with Gasteiger partial charge in [-0.1, -0.05) is 38.1 Å². The van der Waals surface area contributed by atoms with Crippen LogP contribution in [0.1, 0.15) is 30.3 Å². The SMILES string of the molecule is CC(C)c1ccc(NC(=S)NNC(=O)COCc2nc3ccccc3s2)cc1. The third kappa shape index (κ3) is 5.72. The predicted molar refractivity (Wildman–Crippen MR) is 117 cm³/mol. The molecule has 28 heavy (non-hydrogen) atoms. The quantitative estimate of drug-likeness (QED) is 0.419. The van der Waals surface area contributed by atoms with Crippen LogP contribution in [0.3, 0.4) is 0 Å². The maximum atomic E-state index is 11.9. The summed E-state index contributed by atoms with van der Waals surface area (Å²) in [5.74, 6) is 0.154. The van der Waals surface area contributed by atoms with Gasteiger partial charge in [0.1, 0.15) is 11.6 Å². The second-order valence-corrected chi connectivity index (χ2v) is 8.00. The van der Waals surface area contributed by atoms with E-state index < -0.39 is 0 Å². The second kappa shape index (κ2) is 9.59. The summed E-state index contributed by atoms with van der Waals surface area (Å²) in [7, 11) is 0. The molecule has 0 radical (unpaired) electrons. The number of nitrogens with one attached hydrogen (secondary N) is 3. The van der Waals surface area contributed by atoms with Crippen molar-refractivity contribution in [2.24, 2.45) is 0 Å². The molecule has 1 aromatic heterocycles. The third-order valence-corrected chi connectivity index (χ3v) is 5.16.